The van der Waals surface area contributed by atoms with Gasteiger partial charge in [-0.15, -0.1) is 0 Å². The summed E-state index contributed by atoms with van der Waals surface area (Å²) >= 11 is 0.365. The van der Waals surface area contributed by atoms with Gasteiger partial charge in [0.25, 0.3) is 11.8 Å². The lowest BCUT2D eigenvalue weighted by Gasteiger charge is -2.14. The van der Waals surface area contributed by atoms with Crippen LogP contribution < -0.4 is 9.47 Å². The summed E-state index contributed by atoms with van der Waals surface area (Å²) in [7, 11) is 0. The van der Waals surface area contributed by atoms with Crippen molar-refractivity contribution in [3.63, 3.8) is 0 Å². The first kappa shape index (κ1) is 26.4. The highest BCUT2D eigenvalue weighted by molar-refractivity contribution is 7.99. The predicted octanol–water partition coefficient (Wildman–Crippen LogP) is 5.86. The lowest BCUT2D eigenvalue weighted by molar-refractivity contribution is 0.0525. The van der Waals surface area contributed by atoms with Crippen LogP contribution in [0.4, 0.5) is 13.2 Å². The van der Waals surface area contributed by atoms with Crippen molar-refractivity contribution in [3.8, 4) is 23.4 Å². The Balaban J connectivity index is 1.62. The summed E-state index contributed by atoms with van der Waals surface area (Å²) in [6.07, 6.45) is 2.23. The highest BCUT2D eigenvalue weighted by atomic mass is 32.2. The minimum atomic E-state index is -1.63. The van der Waals surface area contributed by atoms with Crippen LogP contribution in [0.3, 0.4) is 0 Å². The number of hydrogen-bond donors (Lipinski definition) is 0. The molecule has 0 spiro atoms. The van der Waals surface area contributed by atoms with Gasteiger partial charge in [-0.25, -0.2) is 19.2 Å². The van der Waals surface area contributed by atoms with Gasteiger partial charge in [-0.2, -0.15) is 19.0 Å². The van der Waals surface area contributed by atoms with Crippen LogP contribution in [0.1, 0.15) is 28.4 Å². The van der Waals surface area contributed by atoms with Crippen LogP contribution >= 0.6 is 11.8 Å². The number of aromatic nitrogens is 3. The van der Waals surface area contributed by atoms with E-state index in [-0.39, 0.29) is 41.0 Å². The maximum atomic E-state index is 15.3. The zero-order valence-electron chi connectivity index (χ0n) is 19.7. The number of benzene rings is 2. The van der Waals surface area contributed by atoms with Crippen molar-refractivity contribution in [2.45, 2.75) is 23.6 Å². The third kappa shape index (κ3) is 6.19. The maximum absolute atomic E-state index is 15.3. The zero-order valence-corrected chi connectivity index (χ0v) is 20.5. The Labute approximate surface area is 219 Å². The van der Waals surface area contributed by atoms with Crippen LogP contribution in [-0.4, -0.2) is 27.5 Å². The molecule has 0 amide bonds. The van der Waals surface area contributed by atoms with E-state index in [1.54, 1.807) is 6.92 Å². The lowest BCUT2D eigenvalue weighted by Crippen LogP contribution is -2.06. The fourth-order valence-electron chi connectivity index (χ4n) is 3.03. The van der Waals surface area contributed by atoms with Crippen molar-refractivity contribution in [2.24, 2.45) is 0 Å². The predicted molar refractivity (Wildman–Crippen MR) is 128 cm³/mol. The van der Waals surface area contributed by atoms with Crippen molar-refractivity contribution in [3.05, 3.63) is 95.2 Å². The van der Waals surface area contributed by atoms with E-state index in [0.29, 0.717) is 11.8 Å². The second kappa shape index (κ2) is 12.1. The molecule has 2 heterocycles. The Kier molecular flexibility index (Phi) is 8.40. The number of nitrogens with zero attached hydrogens (tertiary/aromatic N) is 4. The summed E-state index contributed by atoms with van der Waals surface area (Å²) < 4.78 is 60.3. The topological polar surface area (TPSA) is 107 Å². The molecule has 0 saturated carbocycles. The average molecular weight is 539 g/mol. The second-order valence-electron chi connectivity index (χ2n) is 7.39. The Hall–Kier alpha value is -4.63. The Morgan fingerprint density at radius 3 is 2.45 bits per heavy atom. The molecule has 0 bridgehead atoms. The van der Waals surface area contributed by atoms with Crippen molar-refractivity contribution in [1.82, 2.24) is 15.0 Å². The van der Waals surface area contributed by atoms with Gasteiger partial charge >= 0.3 is 5.97 Å². The fraction of sp³-hybridized carbons (Fsp3) is 0.115. The first-order valence-electron chi connectivity index (χ1n) is 11.0. The number of esters is 1. The minimum absolute atomic E-state index is 0.0301. The summed E-state index contributed by atoms with van der Waals surface area (Å²) in [4.78, 5) is 21.9. The van der Waals surface area contributed by atoms with Crippen molar-refractivity contribution >= 4 is 17.7 Å². The van der Waals surface area contributed by atoms with Gasteiger partial charge in [-0.3, -0.25) is 0 Å². The van der Waals surface area contributed by atoms with Crippen molar-refractivity contribution in [2.75, 3.05) is 6.61 Å². The number of ether oxygens (including phenoxy) is 3. The quantitative estimate of drug-likeness (QED) is 0.147. The molecule has 0 aliphatic carbocycles. The standard InChI is InChI=1S/C26H17F3N4O4S/c1-2-35-25(34)17-12-31-26(32-13-17)38-22-20(27)23(29)33-24(21(22)28)37-19-10-16(11-30)8-9-18(19)36-14-15-6-4-3-5-7-15/h3-10,12-13H,2,14H2,1H3. The van der Waals surface area contributed by atoms with Crippen molar-refractivity contribution < 1.29 is 32.2 Å². The molecule has 0 N–H and O–H groups in total. The summed E-state index contributed by atoms with van der Waals surface area (Å²) in [6.45, 7) is 1.89. The first-order valence-corrected chi connectivity index (χ1v) is 11.8. The third-order valence-corrected chi connectivity index (χ3v) is 5.77. The number of rotatable bonds is 9. The van der Waals surface area contributed by atoms with Gasteiger partial charge in [-0.1, -0.05) is 30.3 Å². The van der Waals surface area contributed by atoms with Crippen LogP contribution in [-0.2, 0) is 11.3 Å². The summed E-state index contributed by atoms with van der Waals surface area (Å²) in [6, 6.07) is 15.2. The monoisotopic (exact) mass is 538 g/mol. The van der Waals surface area contributed by atoms with Gasteiger partial charge in [0.15, 0.2) is 22.5 Å². The van der Waals surface area contributed by atoms with Crippen LogP contribution in [0.15, 0.2) is 71.0 Å². The molecule has 12 heteroatoms. The van der Waals surface area contributed by atoms with E-state index in [2.05, 4.69) is 15.0 Å². The fourth-order valence-corrected chi connectivity index (χ4v) is 3.77. The number of halogens is 3. The van der Waals surface area contributed by atoms with Crippen LogP contribution in [0.25, 0.3) is 0 Å². The number of nitriles is 1. The Morgan fingerprint density at radius 2 is 1.76 bits per heavy atom. The van der Waals surface area contributed by atoms with Gasteiger partial charge in [0.05, 0.1) is 28.7 Å². The summed E-state index contributed by atoms with van der Waals surface area (Å²) in [5.74, 6) is -6.12. The number of carbonyl (C=O) groups is 1. The second-order valence-corrected chi connectivity index (χ2v) is 8.37. The van der Waals surface area contributed by atoms with E-state index in [9.17, 15) is 18.8 Å². The number of hydrogen-bond acceptors (Lipinski definition) is 9. The molecule has 0 aliphatic rings. The summed E-state index contributed by atoms with van der Waals surface area (Å²) in [5, 5.41) is 9.09. The third-order valence-electron chi connectivity index (χ3n) is 4.82. The molecule has 2 aromatic heterocycles. The zero-order chi connectivity index (χ0) is 27.1. The SMILES string of the molecule is CCOC(=O)c1cnc(Sc2c(F)c(F)nc(Oc3cc(C#N)ccc3OCc3ccccc3)c2F)nc1. The van der Waals surface area contributed by atoms with E-state index >= 15 is 4.39 Å². The molecule has 8 nitrogen and oxygen atoms in total. The smallest absolute Gasteiger partial charge is 0.341 e. The highest BCUT2D eigenvalue weighted by Gasteiger charge is 2.25. The summed E-state index contributed by atoms with van der Waals surface area (Å²) in [5.41, 5.74) is 1.01. The van der Waals surface area contributed by atoms with Gasteiger partial charge in [-0.05, 0) is 36.4 Å². The van der Waals surface area contributed by atoms with Gasteiger partial charge in [0, 0.05) is 18.5 Å². The first-order chi connectivity index (χ1) is 18.4. The van der Waals surface area contributed by atoms with E-state index in [0.717, 1.165) is 18.0 Å². The maximum Gasteiger partial charge on any atom is 0.341 e. The lowest BCUT2D eigenvalue weighted by atomic mass is 10.2. The van der Waals surface area contributed by atoms with E-state index in [4.69, 9.17) is 14.2 Å². The Morgan fingerprint density at radius 1 is 1.03 bits per heavy atom. The van der Waals surface area contributed by atoms with Gasteiger partial charge in [0.2, 0.25) is 5.82 Å². The van der Waals surface area contributed by atoms with Crippen molar-refractivity contribution in [1.29, 1.82) is 5.26 Å². The molecule has 192 valence electrons. The molecule has 0 fully saturated rings. The number of pyridine rings is 1. The molecular weight excluding hydrogens is 521 g/mol. The molecule has 0 atom stereocenters. The van der Waals surface area contributed by atoms with Gasteiger partial charge < -0.3 is 14.2 Å². The Bertz CT molecular complexity index is 1500. The van der Waals surface area contributed by atoms with E-state index in [1.165, 1.54) is 18.2 Å². The van der Waals surface area contributed by atoms with E-state index < -0.39 is 34.3 Å². The average Bonchev–Trinajstić information content (AvgIpc) is 2.94. The van der Waals surface area contributed by atoms with E-state index in [1.807, 2.05) is 36.4 Å². The normalized spacial score (nSPS) is 10.5. The molecular formula is C26H17F3N4O4S. The molecule has 0 radical (unpaired) electrons. The molecule has 0 aliphatic heterocycles. The molecule has 38 heavy (non-hydrogen) atoms. The molecule has 0 unspecified atom stereocenters. The van der Waals surface area contributed by atoms with Crippen LogP contribution in [0, 0.1) is 28.9 Å². The molecule has 4 rings (SSSR count). The highest BCUT2D eigenvalue weighted by Crippen LogP contribution is 2.38. The molecule has 2 aromatic carbocycles. The van der Waals surface area contributed by atoms with Crippen LogP contribution in [0.5, 0.6) is 17.4 Å². The molecule has 0 saturated heterocycles. The number of carbonyl (C=O) groups excluding carboxylic acids is 1. The van der Waals surface area contributed by atoms with Crippen LogP contribution in [0.2, 0.25) is 0 Å². The molecule has 4 aromatic rings. The minimum Gasteiger partial charge on any atom is -0.485 e. The van der Waals surface area contributed by atoms with Gasteiger partial charge in [0.1, 0.15) is 6.61 Å². The largest absolute Gasteiger partial charge is 0.485 e.